The Labute approximate surface area is 165 Å². The Hall–Kier alpha value is -3.00. The quantitative estimate of drug-likeness (QED) is 0.539. The van der Waals surface area contributed by atoms with E-state index in [1.807, 2.05) is 12.1 Å². The number of amides is 1. The van der Waals surface area contributed by atoms with Gasteiger partial charge in [-0.2, -0.15) is 0 Å². The second kappa shape index (κ2) is 7.55. The number of ether oxygens (including phenoxy) is 2. The smallest absolute Gasteiger partial charge is 0.261 e. The van der Waals surface area contributed by atoms with E-state index in [0.29, 0.717) is 46.5 Å². The molecule has 2 heterocycles. The van der Waals surface area contributed by atoms with Gasteiger partial charge in [-0.3, -0.25) is 14.2 Å². The summed E-state index contributed by atoms with van der Waals surface area (Å²) < 4.78 is 12.5. The van der Waals surface area contributed by atoms with Crippen LogP contribution in [0.5, 0.6) is 11.5 Å². The number of anilines is 1. The van der Waals surface area contributed by atoms with E-state index in [1.165, 1.54) is 16.3 Å². The van der Waals surface area contributed by atoms with Crippen LogP contribution in [0.3, 0.4) is 0 Å². The minimum atomic E-state index is -0.451. The largest absolute Gasteiger partial charge is 0.486 e. The number of carbonyl (C=O) groups is 1. The zero-order chi connectivity index (χ0) is 19.7. The average molecular weight is 397 g/mol. The molecule has 1 aliphatic heterocycles. The van der Waals surface area contributed by atoms with Crippen molar-refractivity contribution in [1.29, 1.82) is 0 Å². The molecular weight excluding hydrogens is 378 g/mol. The van der Waals surface area contributed by atoms with Gasteiger partial charge < -0.3 is 14.8 Å². The molecule has 0 radical (unpaired) electrons. The lowest BCUT2D eigenvalue weighted by atomic mass is 10.2. The number of hydrogen-bond acceptors (Lipinski definition) is 6. The maximum atomic E-state index is 12.6. The molecule has 3 aromatic rings. The Balaban J connectivity index is 1.51. The Morgan fingerprint density at radius 1 is 1.18 bits per heavy atom. The molecule has 4 rings (SSSR count). The van der Waals surface area contributed by atoms with Gasteiger partial charge in [0.2, 0.25) is 5.91 Å². The van der Waals surface area contributed by atoms with Crippen LogP contribution < -0.4 is 20.3 Å². The highest BCUT2D eigenvalue weighted by atomic mass is 32.2. The average Bonchev–Trinajstić information content (AvgIpc) is 2.71. The summed E-state index contributed by atoms with van der Waals surface area (Å²) in [5.74, 6) is 1.09. The van der Waals surface area contributed by atoms with Crippen LogP contribution in [0.25, 0.3) is 10.9 Å². The highest BCUT2D eigenvalue weighted by Crippen LogP contribution is 2.33. The van der Waals surface area contributed by atoms with Gasteiger partial charge in [0.15, 0.2) is 16.7 Å². The van der Waals surface area contributed by atoms with Crippen molar-refractivity contribution in [3.05, 3.63) is 52.8 Å². The number of carbonyl (C=O) groups excluding carboxylic acids is 1. The van der Waals surface area contributed by atoms with Crippen molar-refractivity contribution < 1.29 is 14.3 Å². The van der Waals surface area contributed by atoms with Gasteiger partial charge in [-0.05, 0) is 31.2 Å². The lowest BCUT2D eigenvalue weighted by Crippen LogP contribution is -2.25. The number of aromatic nitrogens is 2. The van der Waals surface area contributed by atoms with Gasteiger partial charge in [-0.1, -0.05) is 23.9 Å². The van der Waals surface area contributed by atoms with Crippen molar-refractivity contribution in [3.8, 4) is 11.5 Å². The monoisotopic (exact) mass is 397 g/mol. The van der Waals surface area contributed by atoms with Crippen LogP contribution >= 0.6 is 11.8 Å². The summed E-state index contributed by atoms with van der Waals surface area (Å²) >= 11 is 1.24. The SMILES string of the molecule is C[C@@H](Sc1nc2ccccc2c(=O)n1C)C(=O)Nc1ccc2c(c1)OCCO2. The molecule has 1 atom stereocenters. The third-order valence-corrected chi connectivity index (χ3v) is 5.55. The Morgan fingerprint density at radius 3 is 2.75 bits per heavy atom. The zero-order valence-corrected chi connectivity index (χ0v) is 16.3. The predicted octanol–water partition coefficient (Wildman–Crippen LogP) is 2.82. The van der Waals surface area contributed by atoms with E-state index in [0.717, 1.165) is 0 Å². The normalized spacial score (nSPS) is 13.9. The molecule has 1 N–H and O–H groups in total. The van der Waals surface area contributed by atoms with Crippen LogP contribution in [0, 0.1) is 0 Å². The number of benzene rings is 2. The van der Waals surface area contributed by atoms with Gasteiger partial charge in [-0.25, -0.2) is 4.98 Å². The fourth-order valence-electron chi connectivity index (χ4n) is 2.88. The van der Waals surface area contributed by atoms with Crippen LogP contribution in [0.2, 0.25) is 0 Å². The van der Waals surface area contributed by atoms with E-state index in [-0.39, 0.29) is 11.5 Å². The Kier molecular flexibility index (Phi) is 4.95. The minimum Gasteiger partial charge on any atom is -0.486 e. The highest BCUT2D eigenvalue weighted by Gasteiger charge is 2.19. The molecule has 0 saturated heterocycles. The maximum absolute atomic E-state index is 12.6. The van der Waals surface area contributed by atoms with E-state index in [1.54, 1.807) is 44.3 Å². The summed E-state index contributed by atoms with van der Waals surface area (Å²) in [5.41, 5.74) is 1.11. The maximum Gasteiger partial charge on any atom is 0.261 e. The van der Waals surface area contributed by atoms with Gasteiger partial charge in [0, 0.05) is 18.8 Å². The lowest BCUT2D eigenvalue weighted by Gasteiger charge is -2.19. The number of rotatable bonds is 4. The molecule has 7 nitrogen and oxygen atoms in total. The molecule has 0 bridgehead atoms. The predicted molar refractivity (Wildman–Crippen MR) is 108 cm³/mol. The minimum absolute atomic E-state index is 0.132. The summed E-state index contributed by atoms with van der Waals surface area (Å²) in [4.78, 5) is 29.7. The summed E-state index contributed by atoms with van der Waals surface area (Å²) in [6.45, 7) is 2.78. The molecule has 28 heavy (non-hydrogen) atoms. The number of fused-ring (bicyclic) bond motifs is 2. The summed E-state index contributed by atoms with van der Waals surface area (Å²) in [7, 11) is 1.66. The van der Waals surface area contributed by atoms with Gasteiger partial charge in [0.1, 0.15) is 13.2 Å². The van der Waals surface area contributed by atoms with E-state index in [9.17, 15) is 9.59 Å². The lowest BCUT2D eigenvalue weighted by molar-refractivity contribution is -0.115. The van der Waals surface area contributed by atoms with Crippen molar-refractivity contribution in [1.82, 2.24) is 9.55 Å². The molecule has 0 aliphatic carbocycles. The number of nitrogens with one attached hydrogen (secondary N) is 1. The number of thioether (sulfide) groups is 1. The first-order chi connectivity index (χ1) is 13.5. The fourth-order valence-corrected chi connectivity index (χ4v) is 3.75. The molecule has 1 amide bonds. The van der Waals surface area contributed by atoms with Crippen LogP contribution in [0.4, 0.5) is 5.69 Å². The summed E-state index contributed by atoms with van der Waals surface area (Å²) in [5, 5.41) is 3.47. The number of hydrogen-bond donors (Lipinski definition) is 1. The van der Waals surface area contributed by atoms with Crippen LogP contribution in [0.15, 0.2) is 52.4 Å². The van der Waals surface area contributed by atoms with Gasteiger partial charge >= 0.3 is 0 Å². The molecule has 1 aliphatic rings. The Morgan fingerprint density at radius 2 is 1.93 bits per heavy atom. The topological polar surface area (TPSA) is 82.5 Å². The number of para-hydroxylation sites is 1. The van der Waals surface area contributed by atoms with Gasteiger partial charge in [-0.15, -0.1) is 0 Å². The summed E-state index contributed by atoms with van der Waals surface area (Å²) in [6.07, 6.45) is 0. The van der Waals surface area contributed by atoms with Crippen molar-refractivity contribution in [2.24, 2.45) is 7.05 Å². The second-order valence-corrected chi connectivity index (χ2v) is 7.69. The first-order valence-corrected chi connectivity index (χ1v) is 9.74. The summed E-state index contributed by atoms with van der Waals surface area (Å²) in [6, 6.07) is 12.5. The van der Waals surface area contributed by atoms with Crippen LogP contribution in [-0.4, -0.2) is 33.9 Å². The fraction of sp³-hybridized carbons (Fsp3) is 0.250. The first kappa shape index (κ1) is 18.4. The van der Waals surface area contributed by atoms with E-state index in [4.69, 9.17) is 9.47 Å². The Bertz CT molecular complexity index is 1110. The van der Waals surface area contributed by atoms with Crippen molar-refractivity contribution in [3.63, 3.8) is 0 Å². The van der Waals surface area contributed by atoms with Crippen LogP contribution in [-0.2, 0) is 11.8 Å². The molecule has 1 aromatic heterocycles. The van der Waals surface area contributed by atoms with Gasteiger partial charge in [0.25, 0.3) is 5.56 Å². The van der Waals surface area contributed by atoms with E-state index < -0.39 is 5.25 Å². The van der Waals surface area contributed by atoms with E-state index in [2.05, 4.69) is 10.3 Å². The van der Waals surface area contributed by atoms with Gasteiger partial charge in [0.05, 0.1) is 16.2 Å². The molecule has 0 unspecified atom stereocenters. The molecule has 144 valence electrons. The molecule has 0 saturated carbocycles. The van der Waals surface area contributed by atoms with Crippen molar-refractivity contribution in [2.75, 3.05) is 18.5 Å². The third-order valence-electron chi connectivity index (χ3n) is 4.40. The molecular formula is C20H19N3O4S. The molecule has 2 aromatic carbocycles. The van der Waals surface area contributed by atoms with E-state index >= 15 is 0 Å². The molecule has 0 fully saturated rings. The van der Waals surface area contributed by atoms with Crippen molar-refractivity contribution in [2.45, 2.75) is 17.3 Å². The first-order valence-electron chi connectivity index (χ1n) is 8.86. The third kappa shape index (κ3) is 3.55. The molecule has 8 heteroatoms. The highest BCUT2D eigenvalue weighted by molar-refractivity contribution is 8.00. The van der Waals surface area contributed by atoms with Crippen LogP contribution in [0.1, 0.15) is 6.92 Å². The van der Waals surface area contributed by atoms with Crippen molar-refractivity contribution >= 4 is 34.3 Å². The second-order valence-electron chi connectivity index (χ2n) is 6.38. The number of nitrogens with zero attached hydrogens (tertiary/aromatic N) is 2. The molecule has 0 spiro atoms. The standard InChI is InChI=1S/C20H19N3O4S/c1-12(18(24)21-13-7-8-16-17(11-13)27-10-9-26-16)28-20-22-15-6-4-3-5-14(15)19(25)23(20)2/h3-8,11-12H,9-10H2,1-2H3,(H,21,24)/t12-/m1/s1. The zero-order valence-electron chi connectivity index (χ0n) is 15.5.